The molecule has 0 saturated heterocycles. The molecule has 0 aliphatic carbocycles. The van der Waals surface area contributed by atoms with Gasteiger partial charge in [-0.1, -0.05) is 0 Å². The second kappa shape index (κ2) is 7.39. The molecule has 1 atom stereocenters. The Hall–Kier alpha value is -2.81. The number of carboxylic acid groups (broad SMARTS) is 1. The van der Waals surface area contributed by atoms with Crippen LogP contribution in [0.3, 0.4) is 0 Å². The van der Waals surface area contributed by atoms with Crippen LogP contribution in [0.1, 0.15) is 24.0 Å². The van der Waals surface area contributed by atoms with Crippen molar-refractivity contribution in [1.29, 1.82) is 0 Å². The number of hydrogen-bond donors (Lipinski definition) is 2. The van der Waals surface area contributed by atoms with Crippen molar-refractivity contribution in [3.63, 3.8) is 0 Å². The Kier molecular flexibility index (Phi) is 5.48. The van der Waals surface area contributed by atoms with Gasteiger partial charge in [-0.15, -0.1) is 0 Å². The van der Waals surface area contributed by atoms with Crippen molar-refractivity contribution < 1.29 is 14.7 Å². The summed E-state index contributed by atoms with van der Waals surface area (Å²) in [7, 11) is 1.58. The number of aromatic nitrogens is 4. The zero-order valence-electron chi connectivity index (χ0n) is 14.9. The fourth-order valence-corrected chi connectivity index (χ4v) is 2.28. The van der Waals surface area contributed by atoms with Gasteiger partial charge in [0.1, 0.15) is 11.9 Å². The molecule has 9 nitrogen and oxygen atoms in total. The molecule has 2 heterocycles. The normalized spacial score (nSPS) is 12.2. The minimum absolute atomic E-state index is 0.0641. The van der Waals surface area contributed by atoms with Crippen molar-refractivity contribution in [2.75, 3.05) is 18.9 Å². The summed E-state index contributed by atoms with van der Waals surface area (Å²) >= 11 is 0. The van der Waals surface area contributed by atoms with Crippen LogP contribution in [0.4, 0.5) is 5.82 Å². The molecule has 2 aromatic rings. The largest absolute Gasteiger partial charge is 0.480 e. The van der Waals surface area contributed by atoms with E-state index in [0.29, 0.717) is 17.5 Å². The van der Waals surface area contributed by atoms with E-state index in [0.717, 1.165) is 11.4 Å². The molecule has 1 unspecified atom stereocenters. The number of carbonyl (C=O) groups excluding carboxylic acids is 1. The Morgan fingerprint density at radius 1 is 1.20 bits per heavy atom. The van der Waals surface area contributed by atoms with E-state index < -0.39 is 12.0 Å². The van der Waals surface area contributed by atoms with Crippen LogP contribution in [0.25, 0.3) is 5.95 Å². The average Bonchev–Trinajstić information content (AvgIpc) is 2.85. The van der Waals surface area contributed by atoms with Gasteiger partial charge in [0.15, 0.2) is 0 Å². The van der Waals surface area contributed by atoms with E-state index in [1.165, 1.54) is 16.5 Å². The Morgan fingerprint density at radius 3 is 2.36 bits per heavy atom. The van der Waals surface area contributed by atoms with E-state index in [9.17, 15) is 9.59 Å². The quantitative estimate of drug-likeness (QED) is 0.800. The zero-order valence-corrected chi connectivity index (χ0v) is 14.9. The van der Waals surface area contributed by atoms with Crippen molar-refractivity contribution in [2.45, 2.75) is 33.7 Å². The van der Waals surface area contributed by atoms with E-state index in [-0.39, 0.29) is 12.5 Å². The summed E-state index contributed by atoms with van der Waals surface area (Å²) in [5.41, 5.74) is 2.29. The number of nitrogens with zero attached hydrogens (tertiary/aromatic N) is 5. The Morgan fingerprint density at radius 2 is 1.80 bits per heavy atom. The molecule has 0 aliphatic rings. The fraction of sp³-hybridized carbons (Fsp3) is 0.438. The highest BCUT2D eigenvalue weighted by Crippen LogP contribution is 2.15. The van der Waals surface area contributed by atoms with Gasteiger partial charge in [0.2, 0.25) is 5.91 Å². The zero-order chi connectivity index (χ0) is 18.7. The third-order valence-corrected chi connectivity index (χ3v) is 3.67. The molecule has 0 spiro atoms. The van der Waals surface area contributed by atoms with Crippen LogP contribution in [-0.2, 0) is 9.59 Å². The molecule has 0 aromatic carbocycles. The van der Waals surface area contributed by atoms with Gasteiger partial charge in [0, 0.05) is 17.5 Å². The van der Waals surface area contributed by atoms with Gasteiger partial charge in [0.05, 0.1) is 12.2 Å². The van der Waals surface area contributed by atoms with Gasteiger partial charge in [0.25, 0.3) is 5.95 Å². The number of hydrogen-bond acceptors (Lipinski definition) is 6. The van der Waals surface area contributed by atoms with Crippen molar-refractivity contribution in [3.05, 3.63) is 29.2 Å². The fourth-order valence-electron chi connectivity index (χ4n) is 2.28. The first-order valence-electron chi connectivity index (χ1n) is 7.79. The SMILES string of the molecule is Cc1cc(C)nc(-n2nc(C)cc2NC(=O)CN(C)C(C)C(=O)O)n1. The molecule has 0 radical (unpaired) electrons. The van der Waals surface area contributed by atoms with E-state index in [4.69, 9.17) is 5.11 Å². The molecule has 25 heavy (non-hydrogen) atoms. The van der Waals surface area contributed by atoms with Crippen molar-refractivity contribution in [3.8, 4) is 5.95 Å². The predicted octanol–water partition coefficient (Wildman–Crippen LogP) is 0.931. The maximum absolute atomic E-state index is 12.2. The second-order valence-electron chi connectivity index (χ2n) is 6.01. The standard InChI is InChI=1S/C16H22N6O3/c1-9-6-10(2)18-16(17-9)22-13(7-11(3)20-22)19-14(23)8-21(5)12(4)15(24)25/h6-7,12H,8H2,1-5H3,(H,19,23)(H,24,25). The van der Waals surface area contributed by atoms with Gasteiger partial charge in [-0.25, -0.2) is 9.97 Å². The second-order valence-corrected chi connectivity index (χ2v) is 6.01. The molecule has 9 heteroatoms. The number of rotatable bonds is 6. The minimum atomic E-state index is -0.986. The van der Waals surface area contributed by atoms with Crippen LogP contribution in [0, 0.1) is 20.8 Å². The molecule has 2 N–H and O–H groups in total. The van der Waals surface area contributed by atoms with Crippen LogP contribution >= 0.6 is 0 Å². The summed E-state index contributed by atoms with van der Waals surface area (Å²) in [5, 5.41) is 16.1. The summed E-state index contributed by atoms with van der Waals surface area (Å²) in [6, 6.07) is 2.79. The summed E-state index contributed by atoms with van der Waals surface area (Å²) in [6.07, 6.45) is 0. The van der Waals surface area contributed by atoms with E-state index in [1.54, 1.807) is 20.0 Å². The van der Waals surface area contributed by atoms with Crippen LogP contribution in [-0.4, -0.2) is 61.3 Å². The lowest BCUT2D eigenvalue weighted by molar-refractivity contribution is -0.142. The van der Waals surface area contributed by atoms with Gasteiger partial charge in [-0.3, -0.25) is 14.5 Å². The molecule has 0 bridgehead atoms. The molecule has 2 rings (SSSR count). The van der Waals surface area contributed by atoms with Crippen molar-refractivity contribution in [1.82, 2.24) is 24.6 Å². The highest BCUT2D eigenvalue weighted by Gasteiger charge is 2.20. The summed E-state index contributed by atoms with van der Waals surface area (Å²) in [4.78, 5) is 33.4. The number of carboxylic acids is 1. The maximum Gasteiger partial charge on any atom is 0.320 e. The third-order valence-electron chi connectivity index (χ3n) is 3.67. The first-order valence-corrected chi connectivity index (χ1v) is 7.79. The predicted molar refractivity (Wildman–Crippen MR) is 91.7 cm³/mol. The molecular formula is C16H22N6O3. The molecular weight excluding hydrogens is 324 g/mol. The van der Waals surface area contributed by atoms with Gasteiger partial charge < -0.3 is 10.4 Å². The Bertz CT molecular complexity index is 781. The third kappa shape index (κ3) is 4.60. The number of likely N-dealkylation sites (N-methyl/N-ethyl adjacent to an activating group) is 1. The summed E-state index contributed by atoms with van der Waals surface area (Å²) < 4.78 is 1.47. The molecule has 0 saturated carbocycles. The number of anilines is 1. The smallest absolute Gasteiger partial charge is 0.320 e. The lowest BCUT2D eigenvalue weighted by atomic mass is 10.3. The molecule has 0 fully saturated rings. The number of aryl methyl sites for hydroxylation is 3. The van der Waals surface area contributed by atoms with Crippen molar-refractivity contribution in [2.24, 2.45) is 0 Å². The van der Waals surface area contributed by atoms with E-state index in [2.05, 4.69) is 20.4 Å². The first kappa shape index (κ1) is 18.5. The van der Waals surface area contributed by atoms with Crippen LogP contribution < -0.4 is 5.32 Å². The summed E-state index contributed by atoms with van der Waals surface area (Å²) in [5.74, 6) is -0.530. The highest BCUT2D eigenvalue weighted by molar-refractivity contribution is 5.92. The molecule has 0 aliphatic heterocycles. The number of nitrogens with one attached hydrogen (secondary N) is 1. The number of aliphatic carboxylic acids is 1. The molecule has 1 amide bonds. The maximum atomic E-state index is 12.2. The van der Waals surface area contributed by atoms with Gasteiger partial charge in [-0.05, 0) is 40.8 Å². The lowest BCUT2D eigenvalue weighted by Crippen LogP contribution is -2.40. The van der Waals surface area contributed by atoms with Crippen molar-refractivity contribution >= 4 is 17.7 Å². The van der Waals surface area contributed by atoms with Crippen LogP contribution in [0.2, 0.25) is 0 Å². The minimum Gasteiger partial charge on any atom is -0.480 e. The monoisotopic (exact) mass is 346 g/mol. The summed E-state index contributed by atoms with van der Waals surface area (Å²) in [6.45, 7) is 6.97. The van der Waals surface area contributed by atoms with Gasteiger partial charge >= 0.3 is 5.97 Å². The molecule has 134 valence electrons. The number of carbonyl (C=O) groups is 2. The van der Waals surface area contributed by atoms with E-state index >= 15 is 0 Å². The average molecular weight is 346 g/mol. The Labute approximate surface area is 145 Å². The van der Waals surface area contributed by atoms with E-state index in [1.807, 2.05) is 19.9 Å². The molecule has 2 aromatic heterocycles. The Balaban J connectivity index is 2.21. The highest BCUT2D eigenvalue weighted by atomic mass is 16.4. The first-order chi connectivity index (χ1) is 11.7. The topological polar surface area (TPSA) is 113 Å². The van der Waals surface area contributed by atoms with Crippen LogP contribution in [0.15, 0.2) is 12.1 Å². The number of amides is 1. The van der Waals surface area contributed by atoms with Gasteiger partial charge in [-0.2, -0.15) is 9.78 Å². The lowest BCUT2D eigenvalue weighted by Gasteiger charge is -2.20. The van der Waals surface area contributed by atoms with Crippen LogP contribution in [0.5, 0.6) is 0 Å².